The maximum Gasteiger partial charge on any atom is 0.387 e. The minimum absolute atomic E-state index is 0.0336. The van der Waals surface area contributed by atoms with E-state index in [1.54, 1.807) is 18.3 Å². The van der Waals surface area contributed by atoms with Gasteiger partial charge in [-0.15, -0.1) is 0 Å². The lowest BCUT2D eigenvalue weighted by molar-refractivity contribution is -0.0499. The lowest BCUT2D eigenvalue weighted by atomic mass is 10.1. The fourth-order valence-corrected chi connectivity index (χ4v) is 1.86. The maximum absolute atomic E-state index is 12.1. The van der Waals surface area contributed by atoms with Gasteiger partial charge in [-0.2, -0.15) is 8.78 Å². The van der Waals surface area contributed by atoms with Crippen LogP contribution in [0.1, 0.15) is 17.4 Å². The lowest BCUT2D eigenvalue weighted by Crippen LogP contribution is -2.21. The van der Waals surface area contributed by atoms with Crippen LogP contribution in [-0.2, 0) is 6.54 Å². The molecule has 0 saturated carbocycles. The SMILES string of the molecule is OC(CNCc1ccccn1)c1cccc(OC(F)F)c1. The average Bonchev–Trinajstić information content (AvgIpc) is 2.48. The van der Waals surface area contributed by atoms with Crippen molar-refractivity contribution in [1.82, 2.24) is 10.3 Å². The largest absolute Gasteiger partial charge is 0.435 e. The summed E-state index contributed by atoms with van der Waals surface area (Å²) in [5.74, 6) is 0.0336. The number of nitrogens with one attached hydrogen (secondary N) is 1. The van der Waals surface area contributed by atoms with Gasteiger partial charge in [-0.1, -0.05) is 18.2 Å². The van der Waals surface area contributed by atoms with Gasteiger partial charge in [-0.05, 0) is 29.8 Å². The summed E-state index contributed by atoms with van der Waals surface area (Å²) in [5, 5.41) is 13.1. The number of rotatable bonds is 7. The van der Waals surface area contributed by atoms with Crippen LogP contribution in [0.4, 0.5) is 8.78 Å². The van der Waals surface area contributed by atoms with Crippen LogP contribution < -0.4 is 10.1 Å². The van der Waals surface area contributed by atoms with E-state index in [1.165, 1.54) is 12.1 Å². The lowest BCUT2D eigenvalue weighted by Gasteiger charge is -2.13. The number of alkyl halides is 2. The van der Waals surface area contributed by atoms with E-state index in [1.807, 2.05) is 18.2 Å². The van der Waals surface area contributed by atoms with Crippen molar-refractivity contribution in [2.24, 2.45) is 0 Å². The smallest absolute Gasteiger partial charge is 0.387 e. The van der Waals surface area contributed by atoms with Crippen molar-refractivity contribution in [3.05, 3.63) is 59.9 Å². The molecule has 21 heavy (non-hydrogen) atoms. The average molecular weight is 294 g/mol. The molecule has 1 atom stereocenters. The van der Waals surface area contributed by atoms with Crippen LogP contribution in [0.2, 0.25) is 0 Å². The monoisotopic (exact) mass is 294 g/mol. The van der Waals surface area contributed by atoms with E-state index >= 15 is 0 Å². The molecule has 0 amide bonds. The molecule has 4 nitrogen and oxygen atoms in total. The first-order chi connectivity index (χ1) is 10.1. The van der Waals surface area contributed by atoms with Crippen LogP contribution >= 0.6 is 0 Å². The summed E-state index contributed by atoms with van der Waals surface area (Å²) in [6, 6.07) is 11.6. The molecule has 2 rings (SSSR count). The zero-order valence-corrected chi connectivity index (χ0v) is 11.2. The van der Waals surface area contributed by atoms with Crippen molar-refractivity contribution in [3.63, 3.8) is 0 Å². The topological polar surface area (TPSA) is 54.4 Å². The molecule has 0 spiro atoms. The Labute approximate surface area is 121 Å². The van der Waals surface area contributed by atoms with Crippen molar-refractivity contribution < 1.29 is 18.6 Å². The van der Waals surface area contributed by atoms with Gasteiger partial charge in [-0.25, -0.2) is 0 Å². The van der Waals surface area contributed by atoms with Crippen LogP contribution in [0.15, 0.2) is 48.7 Å². The Kier molecular flexibility index (Phi) is 5.59. The van der Waals surface area contributed by atoms with E-state index < -0.39 is 12.7 Å². The number of aromatic nitrogens is 1. The molecule has 1 unspecified atom stereocenters. The van der Waals surface area contributed by atoms with Gasteiger partial charge in [0.1, 0.15) is 5.75 Å². The summed E-state index contributed by atoms with van der Waals surface area (Å²) >= 11 is 0. The molecule has 0 saturated heterocycles. The molecule has 1 heterocycles. The Morgan fingerprint density at radius 3 is 2.76 bits per heavy atom. The molecule has 112 valence electrons. The second-order valence-electron chi connectivity index (χ2n) is 4.42. The summed E-state index contributed by atoms with van der Waals surface area (Å²) in [4.78, 5) is 4.15. The van der Waals surface area contributed by atoms with Crippen molar-refractivity contribution in [2.75, 3.05) is 6.54 Å². The van der Waals surface area contributed by atoms with Gasteiger partial charge in [0.25, 0.3) is 0 Å². The van der Waals surface area contributed by atoms with Gasteiger partial charge in [-0.3, -0.25) is 4.98 Å². The van der Waals surface area contributed by atoms with Crippen LogP contribution in [0.5, 0.6) is 5.75 Å². The van der Waals surface area contributed by atoms with Gasteiger partial charge in [0.05, 0.1) is 11.8 Å². The molecule has 0 radical (unpaired) electrons. The molecule has 1 aromatic heterocycles. The van der Waals surface area contributed by atoms with Crippen molar-refractivity contribution in [3.8, 4) is 5.75 Å². The van der Waals surface area contributed by atoms with Crippen LogP contribution in [-0.4, -0.2) is 23.2 Å². The van der Waals surface area contributed by atoms with Crippen molar-refractivity contribution in [2.45, 2.75) is 19.3 Å². The fraction of sp³-hybridized carbons (Fsp3) is 0.267. The highest BCUT2D eigenvalue weighted by Gasteiger charge is 2.10. The Bertz CT molecular complexity index is 552. The first-order valence-corrected chi connectivity index (χ1v) is 6.48. The Hall–Kier alpha value is -2.05. The number of pyridine rings is 1. The molecule has 0 bridgehead atoms. The van der Waals surface area contributed by atoms with E-state index in [0.29, 0.717) is 12.1 Å². The molecule has 2 N–H and O–H groups in total. The van der Waals surface area contributed by atoms with Crippen LogP contribution in [0, 0.1) is 0 Å². The summed E-state index contributed by atoms with van der Waals surface area (Å²) in [7, 11) is 0. The number of hydrogen-bond acceptors (Lipinski definition) is 4. The molecule has 0 fully saturated rings. The minimum atomic E-state index is -2.88. The molecular weight excluding hydrogens is 278 g/mol. The zero-order valence-electron chi connectivity index (χ0n) is 11.2. The molecule has 6 heteroatoms. The van der Waals surface area contributed by atoms with Crippen molar-refractivity contribution >= 4 is 0 Å². The highest BCUT2D eigenvalue weighted by atomic mass is 19.3. The number of benzene rings is 1. The summed E-state index contributed by atoms with van der Waals surface area (Å²) in [6.07, 6.45) is 0.883. The van der Waals surface area contributed by atoms with Gasteiger partial charge in [0.2, 0.25) is 0 Å². The Morgan fingerprint density at radius 1 is 1.19 bits per heavy atom. The van der Waals surface area contributed by atoms with Crippen molar-refractivity contribution in [1.29, 1.82) is 0 Å². The molecule has 2 aromatic rings. The minimum Gasteiger partial charge on any atom is -0.435 e. The predicted octanol–water partition coefficient (Wildman–Crippen LogP) is 2.51. The fourth-order valence-electron chi connectivity index (χ4n) is 1.86. The Morgan fingerprint density at radius 2 is 2.05 bits per heavy atom. The molecule has 0 aliphatic carbocycles. The third-order valence-corrected chi connectivity index (χ3v) is 2.84. The van der Waals surface area contributed by atoms with Gasteiger partial charge in [0, 0.05) is 19.3 Å². The van der Waals surface area contributed by atoms with Crippen LogP contribution in [0.3, 0.4) is 0 Å². The highest BCUT2D eigenvalue weighted by Crippen LogP contribution is 2.20. The maximum atomic E-state index is 12.1. The van der Waals surface area contributed by atoms with E-state index in [9.17, 15) is 13.9 Å². The third-order valence-electron chi connectivity index (χ3n) is 2.84. The molecule has 0 aliphatic heterocycles. The number of aliphatic hydroxyl groups is 1. The molecule has 0 aliphatic rings. The normalized spacial score (nSPS) is 12.4. The third kappa shape index (κ3) is 5.09. The Balaban J connectivity index is 1.86. The summed E-state index contributed by atoms with van der Waals surface area (Å²) < 4.78 is 28.6. The number of halogens is 2. The zero-order chi connectivity index (χ0) is 15.1. The number of aliphatic hydroxyl groups excluding tert-OH is 1. The van der Waals surface area contributed by atoms with E-state index in [4.69, 9.17) is 0 Å². The van der Waals surface area contributed by atoms with Crippen LogP contribution in [0.25, 0.3) is 0 Å². The number of nitrogens with zero attached hydrogens (tertiary/aromatic N) is 1. The second kappa shape index (κ2) is 7.66. The predicted molar refractivity (Wildman–Crippen MR) is 74.0 cm³/mol. The van der Waals surface area contributed by atoms with E-state index in [2.05, 4.69) is 15.0 Å². The van der Waals surface area contributed by atoms with E-state index in [-0.39, 0.29) is 12.3 Å². The van der Waals surface area contributed by atoms with E-state index in [0.717, 1.165) is 5.69 Å². The quantitative estimate of drug-likeness (QED) is 0.824. The van der Waals surface area contributed by atoms with Gasteiger partial charge >= 0.3 is 6.61 Å². The highest BCUT2D eigenvalue weighted by molar-refractivity contribution is 5.30. The summed E-state index contributed by atoms with van der Waals surface area (Å²) in [5.41, 5.74) is 1.38. The van der Waals surface area contributed by atoms with Gasteiger partial charge < -0.3 is 15.2 Å². The number of hydrogen-bond donors (Lipinski definition) is 2. The van der Waals surface area contributed by atoms with Gasteiger partial charge in [0.15, 0.2) is 0 Å². The first-order valence-electron chi connectivity index (χ1n) is 6.48. The standard InChI is InChI=1S/C15H16F2N2O2/c16-15(17)21-13-6-3-4-11(8-13)14(20)10-18-9-12-5-1-2-7-19-12/h1-8,14-15,18,20H,9-10H2. The molecular formula is C15H16F2N2O2. The number of ether oxygens (including phenoxy) is 1. The molecule has 1 aromatic carbocycles. The second-order valence-corrected chi connectivity index (χ2v) is 4.42. The first kappa shape index (κ1) is 15.3. The summed E-state index contributed by atoms with van der Waals surface area (Å²) in [6.45, 7) is -2.07.